The first-order chi connectivity index (χ1) is 14.5. The number of hydrogen-bond donors (Lipinski definition) is 1. The second kappa shape index (κ2) is 6.93. The van der Waals surface area contributed by atoms with E-state index in [1.165, 1.54) is 4.90 Å². The van der Waals surface area contributed by atoms with Crippen molar-refractivity contribution in [2.24, 2.45) is 11.8 Å². The van der Waals surface area contributed by atoms with Gasteiger partial charge in [0.1, 0.15) is 5.54 Å². The SMILES string of the molecule is C[C@H]1N[C@]2(C(=O)N(CCCCl)c3ccccc32)[C@@H]2C(=O)N(c3ccccc3)C(=O)[C@H]21. The summed E-state index contributed by atoms with van der Waals surface area (Å²) in [4.78, 5) is 43.8. The number of rotatable bonds is 4. The van der Waals surface area contributed by atoms with Gasteiger partial charge in [-0.1, -0.05) is 36.4 Å². The summed E-state index contributed by atoms with van der Waals surface area (Å²) < 4.78 is 0. The Hall–Kier alpha value is -2.70. The average Bonchev–Trinajstić information content (AvgIpc) is 3.30. The predicted octanol–water partition coefficient (Wildman–Crippen LogP) is 2.65. The maximum Gasteiger partial charge on any atom is 0.252 e. The third kappa shape index (κ3) is 2.38. The highest BCUT2D eigenvalue weighted by Gasteiger charge is 2.70. The van der Waals surface area contributed by atoms with Gasteiger partial charge in [0, 0.05) is 29.7 Å². The van der Waals surface area contributed by atoms with Gasteiger partial charge in [0.25, 0.3) is 5.91 Å². The summed E-state index contributed by atoms with van der Waals surface area (Å²) in [6, 6.07) is 16.2. The molecule has 154 valence electrons. The number of carbonyl (C=O) groups excluding carboxylic acids is 3. The first-order valence-corrected chi connectivity index (χ1v) is 10.7. The Labute approximate surface area is 179 Å². The second-order valence-electron chi connectivity index (χ2n) is 8.11. The number of amides is 3. The van der Waals surface area contributed by atoms with E-state index in [0.717, 1.165) is 11.3 Å². The molecule has 0 aromatic heterocycles. The molecule has 3 aliphatic rings. The zero-order chi connectivity index (χ0) is 21.0. The van der Waals surface area contributed by atoms with Gasteiger partial charge in [-0.05, 0) is 31.5 Å². The molecular weight excluding hydrogens is 402 g/mol. The molecular formula is C23H22ClN3O3. The van der Waals surface area contributed by atoms with E-state index in [-0.39, 0.29) is 23.8 Å². The number of fused-ring (bicyclic) bond motifs is 4. The lowest BCUT2D eigenvalue weighted by molar-refractivity contribution is -0.132. The molecule has 2 aromatic carbocycles. The minimum absolute atomic E-state index is 0.177. The van der Waals surface area contributed by atoms with Gasteiger partial charge in [-0.3, -0.25) is 19.7 Å². The molecule has 1 N–H and O–H groups in total. The van der Waals surface area contributed by atoms with Crippen LogP contribution in [0.5, 0.6) is 0 Å². The quantitative estimate of drug-likeness (QED) is 0.606. The second-order valence-corrected chi connectivity index (χ2v) is 8.49. The molecule has 3 aliphatic heterocycles. The third-order valence-electron chi connectivity index (χ3n) is 6.54. The van der Waals surface area contributed by atoms with E-state index in [1.54, 1.807) is 29.2 Å². The standard InChI is InChI=1S/C23H22ClN3O3/c1-14-18-19(21(29)27(20(18)28)15-8-3-2-4-9-15)23(25-14)16-10-5-6-11-17(16)26(22(23)30)13-7-12-24/h2-6,8-11,14,18-19,25H,7,12-13H2,1H3/t14-,18+,19+,23+/m1/s1. The van der Waals surface area contributed by atoms with Gasteiger partial charge in [0.15, 0.2) is 0 Å². The van der Waals surface area contributed by atoms with Gasteiger partial charge < -0.3 is 4.90 Å². The molecule has 2 fully saturated rings. The van der Waals surface area contributed by atoms with E-state index in [1.807, 2.05) is 37.3 Å². The number of carbonyl (C=O) groups is 3. The van der Waals surface area contributed by atoms with Gasteiger partial charge >= 0.3 is 0 Å². The molecule has 5 rings (SSSR count). The number of nitrogens with one attached hydrogen (secondary N) is 1. The van der Waals surface area contributed by atoms with Gasteiger partial charge in [-0.25, -0.2) is 4.90 Å². The Morgan fingerprint density at radius 3 is 2.43 bits per heavy atom. The monoisotopic (exact) mass is 423 g/mol. The van der Waals surface area contributed by atoms with Crippen LogP contribution in [0.15, 0.2) is 54.6 Å². The average molecular weight is 424 g/mol. The van der Waals surface area contributed by atoms with Gasteiger partial charge in [-0.2, -0.15) is 0 Å². The Morgan fingerprint density at radius 2 is 1.70 bits per heavy atom. The molecule has 30 heavy (non-hydrogen) atoms. The molecule has 6 nitrogen and oxygen atoms in total. The summed E-state index contributed by atoms with van der Waals surface area (Å²) in [5.41, 5.74) is 0.858. The van der Waals surface area contributed by atoms with E-state index >= 15 is 0 Å². The molecule has 7 heteroatoms. The lowest BCUT2D eigenvalue weighted by Gasteiger charge is -2.30. The normalized spacial score (nSPS) is 29.8. The van der Waals surface area contributed by atoms with E-state index in [9.17, 15) is 14.4 Å². The number of hydrogen-bond acceptors (Lipinski definition) is 4. The smallest absolute Gasteiger partial charge is 0.252 e. The lowest BCUT2D eigenvalue weighted by Crippen LogP contribution is -2.55. The molecule has 3 heterocycles. The third-order valence-corrected chi connectivity index (χ3v) is 6.81. The zero-order valence-corrected chi connectivity index (χ0v) is 17.3. The number of halogens is 1. The summed E-state index contributed by atoms with van der Waals surface area (Å²) in [7, 11) is 0. The van der Waals surface area contributed by atoms with E-state index in [0.29, 0.717) is 24.5 Å². The highest BCUT2D eigenvalue weighted by Crippen LogP contribution is 2.54. The van der Waals surface area contributed by atoms with Crippen molar-refractivity contribution < 1.29 is 14.4 Å². The number of imide groups is 1. The first-order valence-electron chi connectivity index (χ1n) is 10.2. The molecule has 0 aliphatic carbocycles. The van der Waals surface area contributed by atoms with Crippen molar-refractivity contribution in [3.05, 3.63) is 60.2 Å². The summed E-state index contributed by atoms with van der Waals surface area (Å²) in [5, 5.41) is 3.38. The molecule has 4 atom stereocenters. The fourth-order valence-electron chi connectivity index (χ4n) is 5.38. The first kappa shape index (κ1) is 19.3. The zero-order valence-electron chi connectivity index (χ0n) is 16.5. The molecule has 0 unspecified atom stereocenters. The van der Waals surface area contributed by atoms with Crippen LogP contribution in [0.3, 0.4) is 0 Å². The van der Waals surface area contributed by atoms with Crippen LogP contribution in [0.4, 0.5) is 11.4 Å². The summed E-state index contributed by atoms with van der Waals surface area (Å²) in [6.07, 6.45) is 0.643. The van der Waals surface area contributed by atoms with Gasteiger partial charge in [0.05, 0.1) is 17.5 Å². The topological polar surface area (TPSA) is 69.7 Å². The largest absolute Gasteiger partial charge is 0.310 e. The van der Waals surface area contributed by atoms with Crippen molar-refractivity contribution in [1.82, 2.24) is 5.32 Å². The van der Waals surface area contributed by atoms with Crippen LogP contribution < -0.4 is 15.1 Å². The molecule has 0 bridgehead atoms. The van der Waals surface area contributed by atoms with Crippen LogP contribution in [0.25, 0.3) is 0 Å². The number of para-hydroxylation sites is 2. The van der Waals surface area contributed by atoms with Gasteiger partial charge in [-0.15, -0.1) is 11.6 Å². The molecule has 0 saturated carbocycles. The Bertz CT molecular complexity index is 1040. The minimum atomic E-state index is -1.23. The molecule has 2 aromatic rings. The minimum Gasteiger partial charge on any atom is -0.310 e. The number of benzene rings is 2. The molecule has 1 spiro atoms. The Kier molecular flexibility index (Phi) is 4.45. The van der Waals surface area contributed by atoms with Crippen molar-refractivity contribution in [2.45, 2.75) is 24.9 Å². The maximum atomic E-state index is 13.8. The summed E-state index contributed by atoms with van der Waals surface area (Å²) in [6.45, 7) is 2.35. The van der Waals surface area contributed by atoms with Crippen molar-refractivity contribution in [1.29, 1.82) is 0 Å². The van der Waals surface area contributed by atoms with Crippen molar-refractivity contribution in [2.75, 3.05) is 22.2 Å². The van der Waals surface area contributed by atoms with Gasteiger partial charge in [0.2, 0.25) is 11.8 Å². The van der Waals surface area contributed by atoms with Crippen LogP contribution in [0, 0.1) is 11.8 Å². The van der Waals surface area contributed by atoms with Crippen molar-refractivity contribution >= 4 is 40.7 Å². The Morgan fingerprint density at radius 1 is 1.00 bits per heavy atom. The summed E-state index contributed by atoms with van der Waals surface area (Å²) in [5.74, 6) is -1.69. The number of anilines is 2. The fourth-order valence-corrected chi connectivity index (χ4v) is 5.50. The highest BCUT2D eigenvalue weighted by atomic mass is 35.5. The van der Waals surface area contributed by atoms with Crippen LogP contribution in [0.1, 0.15) is 18.9 Å². The molecule has 0 radical (unpaired) electrons. The van der Waals surface area contributed by atoms with E-state index in [2.05, 4.69) is 5.32 Å². The van der Waals surface area contributed by atoms with Crippen LogP contribution in [-0.4, -0.2) is 36.2 Å². The van der Waals surface area contributed by atoms with Crippen LogP contribution >= 0.6 is 11.6 Å². The van der Waals surface area contributed by atoms with Crippen molar-refractivity contribution in [3.8, 4) is 0 Å². The maximum absolute atomic E-state index is 13.8. The number of alkyl halides is 1. The van der Waals surface area contributed by atoms with E-state index in [4.69, 9.17) is 11.6 Å². The van der Waals surface area contributed by atoms with Crippen molar-refractivity contribution in [3.63, 3.8) is 0 Å². The van der Waals surface area contributed by atoms with E-state index < -0.39 is 17.4 Å². The van der Waals surface area contributed by atoms with Crippen LogP contribution in [0.2, 0.25) is 0 Å². The summed E-state index contributed by atoms with van der Waals surface area (Å²) >= 11 is 5.89. The lowest BCUT2D eigenvalue weighted by atomic mass is 9.76. The highest BCUT2D eigenvalue weighted by molar-refractivity contribution is 6.26. The Balaban J connectivity index is 1.64. The molecule has 3 amide bonds. The fraction of sp³-hybridized carbons (Fsp3) is 0.348. The number of nitrogens with zero attached hydrogens (tertiary/aromatic N) is 2. The molecule has 2 saturated heterocycles. The predicted molar refractivity (Wildman–Crippen MR) is 114 cm³/mol. The van der Waals surface area contributed by atoms with Crippen LogP contribution in [-0.2, 0) is 19.9 Å².